The molecule has 2 aliphatic rings. The lowest BCUT2D eigenvalue weighted by Crippen LogP contribution is -2.29. The molecule has 190 valence electrons. The van der Waals surface area contributed by atoms with E-state index in [1.54, 1.807) is 6.20 Å². The van der Waals surface area contributed by atoms with Gasteiger partial charge in [0.25, 0.3) is 0 Å². The van der Waals surface area contributed by atoms with Gasteiger partial charge >= 0.3 is 5.97 Å². The summed E-state index contributed by atoms with van der Waals surface area (Å²) in [4.78, 5) is 28.6. The molecule has 1 unspecified atom stereocenters. The number of aromatic nitrogens is 3. The summed E-state index contributed by atoms with van der Waals surface area (Å²) in [6.07, 6.45) is 10.8. The molecule has 1 fully saturated rings. The summed E-state index contributed by atoms with van der Waals surface area (Å²) >= 11 is 0. The van der Waals surface area contributed by atoms with E-state index in [2.05, 4.69) is 29.4 Å². The van der Waals surface area contributed by atoms with Crippen LogP contribution in [0.15, 0.2) is 60.8 Å². The quantitative estimate of drug-likeness (QED) is 0.424. The molecule has 0 spiro atoms. The third-order valence-electron chi connectivity index (χ3n) is 7.43. The van der Waals surface area contributed by atoms with Gasteiger partial charge in [0.15, 0.2) is 17.6 Å². The maximum atomic E-state index is 14.1. The van der Waals surface area contributed by atoms with Crippen LogP contribution >= 0.6 is 0 Å². The average Bonchev–Trinajstić information content (AvgIpc) is 3.18. The van der Waals surface area contributed by atoms with Crippen molar-refractivity contribution in [2.24, 2.45) is 5.92 Å². The van der Waals surface area contributed by atoms with E-state index in [1.165, 1.54) is 17.0 Å². The highest BCUT2D eigenvalue weighted by atomic mass is 19.1. The highest BCUT2D eigenvalue weighted by molar-refractivity contribution is 6.00. The van der Waals surface area contributed by atoms with E-state index in [9.17, 15) is 14.0 Å². The largest absolute Gasteiger partial charge is 0.479 e. The number of carboxylic acids is 1. The first-order chi connectivity index (χ1) is 17.8. The Kier molecular flexibility index (Phi) is 6.74. The van der Waals surface area contributed by atoms with Gasteiger partial charge in [0.05, 0.1) is 17.5 Å². The van der Waals surface area contributed by atoms with Crippen LogP contribution in [0.5, 0.6) is 0 Å². The van der Waals surface area contributed by atoms with Crippen LogP contribution in [0.1, 0.15) is 72.1 Å². The zero-order valence-electron chi connectivity index (χ0n) is 20.6. The van der Waals surface area contributed by atoms with Crippen molar-refractivity contribution in [3.63, 3.8) is 0 Å². The number of carboxylic acid groups (broad SMARTS) is 1. The normalized spacial score (nSPS) is 20.7. The minimum atomic E-state index is -1.88. The first-order valence-corrected chi connectivity index (χ1v) is 12.5. The van der Waals surface area contributed by atoms with Crippen molar-refractivity contribution in [1.29, 1.82) is 0 Å². The van der Waals surface area contributed by atoms with E-state index in [0.717, 1.165) is 23.1 Å². The van der Waals surface area contributed by atoms with Crippen LogP contribution in [-0.4, -0.2) is 37.6 Å². The van der Waals surface area contributed by atoms with Crippen LogP contribution in [-0.2, 0) is 4.79 Å². The molecule has 3 aromatic rings. The SMILES string of the molecule is CC(=O)c1c(C2CCC(C(F)C(=O)O)CC2)nc2c(C3=CC=C(c4ccccc4)CC=C3)cnn2c1N. The Morgan fingerprint density at radius 1 is 1.14 bits per heavy atom. The summed E-state index contributed by atoms with van der Waals surface area (Å²) in [6, 6.07) is 10.2. The molecule has 2 aromatic heterocycles. The Morgan fingerprint density at radius 2 is 1.86 bits per heavy atom. The van der Waals surface area contributed by atoms with Crippen LogP contribution in [0.25, 0.3) is 16.8 Å². The fourth-order valence-electron chi connectivity index (χ4n) is 5.45. The maximum absolute atomic E-state index is 14.1. The minimum Gasteiger partial charge on any atom is -0.479 e. The number of ketones is 1. The van der Waals surface area contributed by atoms with Gasteiger partial charge in [-0.15, -0.1) is 0 Å². The average molecular weight is 501 g/mol. The number of anilines is 1. The molecule has 1 atom stereocenters. The van der Waals surface area contributed by atoms with Crippen molar-refractivity contribution in [3.8, 4) is 0 Å². The fraction of sp³-hybridized carbons (Fsp3) is 0.310. The van der Waals surface area contributed by atoms with Gasteiger partial charge < -0.3 is 10.8 Å². The Labute approximate surface area is 214 Å². The van der Waals surface area contributed by atoms with Crippen LogP contribution < -0.4 is 5.73 Å². The van der Waals surface area contributed by atoms with Crippen molar-refractivity contribution < 1.29 is 19.1 Å². The van der Waals surface area contributed by atoms with Crippen molar-refractivity contribution in [3.05, 3.63) is 83.2 Å². The standard InChI is InChI=1S/C29H29FN4O3/c1-17(35)24-26(22-14-12-21(13-15-22)25(30)29(36)37)33-28-23(16-32-34(28)27(24)31)20-9-5-8-19(10-11-20)18-6-3-2-4-7-18/h2-7,9-11,16,21-22,25H,8,12-15,31H2,1H3,(H,36,37). The number of fused-ring (bicyclic) bond motifs is 1. The number of hydrogen-bond acceptors (Lipinski definition) is 5. The number of halogens is 1. The number of alkyl halides is 1. The summed E-state index contributed by atoms with van der Waals surface area (Å²) in [5.41, 5.74) is 12.0. The van der Waals surface area contributed by atoms with Gasteiger partial charge in [-0.2, -0.15) is 9.61 Å². The molecule has 2 aliphatic carbocycles. The van der Waals surface area contributed by atoms with E-state index in [4.69, 9.17) is 15.8 Å². The van der Waals surface area contributed by atoms with Gasteiger partial charge in [-0.05, 0) is 55.7 Å². The Morgan fingerprint density at radius 3 is 2.54 bits per heavy atom. The summed E-state index contributed by atoms with van der Waals surface area (Å²) in [6.45, 7) is 1.45. The molecule has 5 rings (SSSR count). The van der Waals surface area contributed by atoms with Crippen molar-refractivity contribution in [2.45, 2.75) is 51.1 Å². The molecule has 2 heterocycles. The lowest BCUT2D eigenvalue weighted by Gasteiger charge is -2.30. The van der Waals surface area contributed by atoms with Crippen molar-refractivity contribution >= 4 is 34.4 Å². The first kappa shape index (κ1) is 24.6. The predicted octanol–water partition coefficient (Wildman–Crippen LogP) is 5.64. The van der Waals surface area contributed by atoms with E-state index in [0.29, 0.717) is 42.6 Å². The number of nitrogens with two attached hydrogens (primary N) is 1. The van der Waals surface area contributed by atoms with Gasteiger partial charge in [0.1, 0.15) is 5.82 Å². The first-order valence-electron chi connectivity index (χ1n) is 12.5. The zero-order chi connectivity index (χ0) is 26.1. The second-order valence-electron chi connectivity index (χ2n) is 9.75. The summed E-state index contributed by atoms with van der Waals surface area (Å²) in [5, 5.41) is 13.5. The van der Waals surface area contributed by atoms with E-state index < -0.39 is 18.1 Å². The van der Waals surface area contributed by atoms with Gasteiger partial charge in [0, 0.05) is 17.4 Å². The second-order valence-corrected chi connectivity index (χ2v) is 9.75. The van der Waals surface area contributed by atoms with Crippen LogP contribution in [0.4, 0.5) is 10.2 Å². The van der Waals surface area contributed by atoms with Crippen molar-refractivity contribution in [2.75, 3.05) is 5.73 Å². The second kappa shape index (κ2) is 10.1. The molecule has 1 aromatic carbocycles. The maximum Gasteiger partial charge on any atom is 0.338 e. The third kappa shape index (κ3) is 4.71. The Hall–Kier alpha value is -4.07. The fourth-order valence-corrected chi connectivity index (χ4v) is 5.45. The molecule has 0 aliphatic heterocycles. The number of Topliss-reactive ketones (excluding diaryl/α,β-unsaturated/α-hetero) is 1. The molecular weight excluding hydrogens is 471 g/mol. The molecule has 37 heavy (non-hydrogen) atoms. The van der Waals surface area contributed by atoms with Gasteiger partial charge in [-0.3, -0.25) is 4.79 Å². The Bertz CT molecular complexity index is 1450. The number of benzene rings is 1. The monoisotopic (exact) mass is 500 g/mol. The number of allylic oxidation sites excluding steroid dienone is 6. The molecule has 8 heteroatoms. The number of nitrogens with zero attached hydrogens (tertiary/aromatic N) is 3. The minimum absolute atomic E-state index is 0.116. The van der Waals surface area contributed by atoms with Gasteiger partial charge in [-0.25, -0.2) is 14.2 Å². The highest BCUT2D eigenvalue weighted by Crippen LogP contribution is 2.40. The lowest BCUT2D eigenvalue weighted by molar-refractivity contribution is -0.145. The zero-order valence-corrected chi connectivity index (χ0v) is 20.6. The van der Waals surface area contributed by atoms with E-state index >= 15 is 0 Å². The predicted molar refractivity (Wildman–Crippen MR) is 141 cm³/mol. The number of aliphatic carboxylic acids is 1. The van der Waals surface area contributed by atoms with Gasteiger partial charge in [-0.1, -0.05) is 54.6 Å². The van der Waals surface area contributed by atoms with Crippen LogP contribution in [0, 0.1) is 5.92 Å². The number of carbonyl (C=O) groups excluding carboxylic acids is 1. The van der Waals surface area contributed by atoms with Crippen LogP contribution in [0.2, 0.25) is 0 Å². The smallest absolute Gasteiger partial charge is 0.338 e. The molecule has 0 saturated heterocycles. The highest BCUT2D eigenvalue weighted by Gasteiger charge is 2.35. The van der Waals surface area contributed by atoms with Crippen molar-refractivity contribution in [1.82, 2.24) is 14.6 Å². The topological polar surface area (TPSA) is 111 Å². The summed E-state index contributed by atoms with van der Waals surface area (Å²) in [7, 11) is 0. The lowest BCUT2D eigenvalue weighted by atomic mass is 9.77. The number of carbonyl (C=O) groups is 2. The van der Waals surface area contributed by atoms with Crippen LogP contribution in [0.3, 0.4) is 0 Å². The number of rotatable bonds is 6. The molecule has 3 N–H and O–H groups in total. The van der Waals surface area contributed by atoms with E-state index in [-0.39, 0.29) is 17.5 Å². The molecule has 0 bridgehead atoms. The molecule has 7 nitrogen and oxygen atoms in total. The molecular formula is C29H29FN4O3. The Balaban J connectivity index is 1.53. The summed E-state index contributed by atoms with van der Waals surface area (Å²) in [5.74, 6) is -2.05. The third-order valence-corrected chi connectivity index (χ3v) is 7.43. The molecule has 0 radical (unpaired) electrons. The van der Waals surface area contributed by atoms with Gasteiger partial charge in [0.2, 0.25) is 0 Å². The number of hydrogen-bond donors (Lipinski definition) is 2. The van der Waals surface area contributed by atoms with E-state index in [1.807, 2.05) is 30.4 Å². The molecule has 0 amide bonds. The summed E-state index contributed by atoms with van der Waals surface area (Å²) < 4.78 is 15.6. The molecule has 1 saturated carbocycles. The number of nitrogen functional groups attached to an aromatic ring is 1.